The minimum Gasteiger partial charge on any atom is -0.480 e. The Hall–Kier alpha value is -2.35. The zero-order valence-corrected chi connectivity index (χ0v) is 14.1. The molecule has 24 heavy (non-hydrogen) atoms. The van der Waals surface area contributed by atoms with Gasteiger partial charge in [0, 0.05) is 19.3 Å². The van der Waals surface area contributed by atoms with Gasteiger partial charge in [-0.05, 0) is 32.9 Å². The number of rotatable bonds is 4. The number of carbonyl (C=O) groups excluding carboxylic acids is 2. The number of aliphatic carboxylic acids is 1. The van der Waals surface area contributed by atoms with Gasteiger partial charge in [-0.15, -0.1) is 0 Å². The van der Waals surface area contributed by atoms with Gasteiger partial charge in [-0.1, -0.05) is 0 Å². The molecule has 1 aliphatic rings. The van der Waals surface area contributed by atoms with Gasteiger partial charge in [-0.25, -0.2) is 4.79 Å². The maximum Gasteiger partial charge on any atom is 0.410 e. The smallest absolute Gasteiger partial charge is 0.410 e. The van der Waals surface area contributed by atoms with Crippen molar-refractivity contribution in [3.05, 3.63) is 24.0 Å². The van der Waals surface area contributed by atoms with E-state index in [0.29, 0.717) is 18.8 Å². The van der Waals surface area contributed by atoms with E-state index < -0.39 is 23.7 Å². The standard InChI is InChI=1S/C16H23N3O5/c1-16(2,3)24-15(23)19-8-7-18(12(9-19)14(21)22)10-13(20)11-5-4-6-17-11/h4-6,12,17H,7-10H2,1-3H3,(H,21,22). The largest absolute Gasteiger partial charge is 0.480 e. The monoisotopic (exact) mass is 337 g/mol. The number of ketones is 1. The van der Waals surface area contributed by atoms with Crippen molar-refractivity contribution in [1.29, 1.82) is 0 Å². The Balaban J connectivity index is 2.02. The number of nitrogens with one attached hydrogen (secondary N) is 1. The number of H-pyrrole nitrogens is 1. The SMILES string of the molecule is CC(C)(C)OC(=O)N1CCN(CC(=O)c2ccc[nH]2)C(C(=O)O)C1. The molecule has 0 radical (unpaired) electrons. The van der Waals surface area contributed by atoms with E-state index in [-0.39, 0.29) is 18.9 Å². The summed E-state index contributed by atoms with van der Waals surface area (Å²) in [6, 6.07) is 2.42. The van der Waals surface area contributed by atoms with Gasteiger partial charge in [-0.2, -0.15) is 0 Å². The summed E-state index contributed by atoms with van der Waals surface area (Å²) in [6.45, 7) is 5.85. The number of carbonyl (C=O) groups is 3. The molecule has 8 heteroatoms. The van der Waals surface area contributed by atoms with Gasteiger partial charge >= 0.3 is 12.1 Å². The predicted octanol–water partition coefficient (Wildman–Crippen LogP) is 1.20. The molecule has 2 rings (SSSR count). The molecule has 1 amide bonds. The van der Waals surface area contributed by atoms with Crippen LogP contribution in [0.4, 0.5) is 4.79 Å². The first kappa shape index (κ1) is 18.0. The van der Waals surface area contributed by atoms with Crippen LogP contribution in [0.15, 0.2) is 18.3 Å². The van der Waals surface area contributed by atoms with E-state index in [4.69, 9.17) is 4.74 Å². The normalized spacial score (nSPS) is 19.1. The number of ether oxygens (including phenoxy) is 1. The fourth-order valence-corrected chi connectivity index (χ4v) is 2.51. The third-order valence-electron chi connectivity index (χ3n) is 3.67. The Morgan fingerprint density at radius 1 is 1.33 bits per heavy atom. The van der Waals surface area contributed by atoms with Crippen LogP contribution in [0.25, 0.3) is 0 Å². The van der Waals surface area contributed by atoms with Crippen molar-refractivity contribution < 1.29 is 24.2 Å². The lowest BCUT2D eigenvalue weighted by Crippen LogP contribution is -2.59. The highest BCUT2D eigenvalue weighted by atomic mass is 16.6. The van der Waals surface area contributed by atoms with Gasteiger partial charge in [0.15, 0.2) is 5.78 Å². The average molecular weight is 337 g/mol. The Kier molecular flexibility index (Phi) is 5.28. The number of Topliss-reactive ketones (excluding diaryl/α,β-unsaturated/α-hetero) is 1. The zero-order chi connectivity index (χ0) is 17.9. The Morgan fingerprint density at radius 2 is 2.04 bits per heavy atom. The van der Waals surface area contributed by atoms with Crippen molar-refractivity contribution in [2.45, 2.75) is 32.4 Å². The molecule has 1 saturated heterocycles. The van der Waals surface area contributed by atoms with Crippen molar-refractivity contribution in [2.75, 3.05) is 26.2 Å². The molecule has 1 aromatic heterocycles. The summed E-state index contributed by atoms with van der Waals surface area (Å²) in [5, 5.41) is 9.44. The Bertz CT molecular complexity index is 606. The van der Waals surface area contributed by atoms with Gasteiger partial charge in [0.05, 0.1) is 18.8 Å². The molecular formula is C16H23N3O5. The summed E-state index contributed by atoms with van der Waals surface area (Å²) < 4.78 is 5.28. The van der Waals surface area contributed by atoms with E-state index in [9.17, 15) is 19.5 Å². The van der Waals surface area contributed by atoms with Crippen LogP contribution in [-0.2, 0) is 9.53 Å². The van der Waals surface area contributed by atoms with Crippen LogP contribution in [0.2, 0.25) is 0 Å². The van der Waals surface area contributed by atoms with Crippen LogP contribution in [0.5, 0.6) is 0 Å². The van der Waals surface area contributed by atoms with Crippen LogP contribution in [0, 0.1) is 0 Å². The summed E-state index contributed by atoms with van der Waals surface area (Å²) >= 11 is 0. The number of carboxylic acid groups (broad SMARTS) is 1. The number of hydrogen-bond acceptors (Lipinski definition) is 5. The molecule has 1 atom stereocenters. The fraction of sp³-hybridized carbons (Fsp3) is 0.562. The number of carboxylic acids is 1. The van der Waals surface area contributed by atoms with E-state index in [1.807, 2.05) is 0 Å². The maximum absolute atomic E-state index is 12.2. The summed E-state index contributed by atoms with van der Waals surface area (Å²) in [7, 11) is 0. The fourth-order valence-electron chi connectivity index (χ4n) is 2.51. The summed E-state index contributed by atoms with van der Waals surface area (Å²) in [6.07, 6.45) is 1.10. The summed E-state index contributed by atoms with van der Waals surface area (Å²) in [5.41, 5.74) is -0.204. The van der Waals surface area contributed by atoms with E-state index in [2.05, 4.69) is 4.98 Å². The maximum atomic E-state index is 12.2. The molecule has 0 saturated carbocycles. The van der Waals surface area contributed by atoms with Crippen LogP contribution < -0.4 is 0 Å². The van der Waals surface area contributed by atoms with Crippen LogP contribution in [0.3, 0.4) is 0 Å². The second kappa shape index (κ2) is 7.04. The first-order valence-electron chi connectivity index (χ1n) is 7.79. The van der Waals surface area contributed by atoms with E-state index >= 15 is 0 Å². The number of piperazine rings is 1. The molecule has 0 spiro atoms. The van der Waals surface area contributed by atoms with Crippen LogP contribution in [-0.4, -0.2) is 75.6 Å². The van der Waals surface area contributed by atoms with Crippen molar-refractivity contribution in [1.82, 2.24) is 14.8 Å². The second-order valence-electron chi connectivity index (χ2n) is 6.76. The van der Waals surface area contributed by atoms with E-state index in [1.165, 1.54) is 4.90 Å². The molecule has 1 aromatic rings. The molecule has 0 aromatic carbocycles. The lowest BCUT2D eigenvalue weighted by Gasteiger charge is -2.39. The van der Waals surface area contributed by atoms with Crippen LogP contribution >= 0.6 is 0 Å². The second-order valence-corrected chi connectivity index (χ2v) is 6.76. The highest BCUT2D eigenvalue weighted by molar-refractivity contribution is 5.96. The molecule has 8 nitrogen and oxygen atoms in total. The van der Waals surface area contributed by atoms with Gasteiger partial charge in [0.25, 0.3) is 0 Å². The topological polar surface area (TPSA) is 103 Å². The van der Waals surface area contributed by atoms with Gasteiger partial charge in [-0.3, -0.25) is 14.5 Å². The van der Waals surface area contributed by atoms with Crippen molar-refractivity contribution in [3.63, 3.8) is 0 Å². The zero-order valence-electron chi connectivity index (χ0n) is 14.1. The molecule has 1 unspecified atom stereocenters. The number of hydrogen-bond donors (Lipinski definition) is 2. The highest BCUT2D eigenvalue weighted by Crippen LogP contribution is 2.16. The number of aromatic amines is 1. The Morgan fingerprint density at radius 3 is 2.58 bits per heavy atom. The molecular weight excluding hydrogens is 314 g/mol. The first-order valence-corrected chi connectivity index (χ1v) is 7.79. The molecule has 0 bridgehead atoms. The van der Waals surface area contributed by atoms with E-state index in [0.717, 1.165) is 0 Å². The lowest BCUT2D eigenvalue weighted by molar-refractivity contribution is -0.145. The van der Waals surface area contributed by atoms with Gasteiger partial charge < -0.3 is 19.7 Å². The van der Waals surface area contributed by atoms with Crippen LogP contribution in [0.1, 0.15) is 31.3 Å². The number of amides is 1. The molecule has 2 N–H and O–H groups in total. The third kappa shape index (κ3) is 4.58. The van der Waals surface area contributed by atoms with Gasteiger partial charge in [0.2, 0.25) is 0 Å². The van der Waals surface area contributed by atoms with Crippen molar-refractivity contribution >= 4 is 17.8 Å². The Labute approximate surface area is 140 Å². The van der Waals surface area contributed by atoms with Crippen molar-refractivity contribution in [2.24, 2.45) is 0 Å². The molecule has 1 aliphatic heterocycles. The third-order valence-corrected chi connectivity index (χ3v) is 3.67. The molecule has 132 valence electrons. The molecule has 2 heterocycles. The minimum absolute atomic E-state index is 0.0117. The average Bonchev–Trinajstić information content (AvgIpc) is 2.99. The van der Waals surface area contributed by atoms with Gasteiger partial charge in [0.1, 0.15) is 11.6 Å². The first-order chi connectivity index (χ1) is 11.2. The number of nitrogens with zero attached hydrogens (tertiary/aromatic N) is 2. The highest BCUT2D eigenvalue weighted by Gasteiger charge is 2.36. The lowest BCUT2D eigenvalue weighted by atomic mass is 10.1. The summed E-state index contributed by atoms with van der Waals surface area (Å²) in [4.78, 5) is 41.6. The number of aromatic nitrogens is 1. The minimum atomic E-state index is -1.07. The quantitative estimate of drug-likeness (QED) is 0.801. The van der Waals surface area contributed by atoms with E-state index in [1.54, 1.807) is 44.0 Å². The summed E-state index contributed by atoms with van der Waals surface area (Å²) in [5.74, 6) is -1.25. The predicted molar refractivity (Wildman–Crippen MR) is 85.9 cm³/mol. The van der Waals surface area contributed by atoms with Crippen molar-refractivity contribution in [3.8, 4) is 0 Å². The molecule has 0 aliphatic carbocycles. The molecule has 1 fully saturated rings.